The first-order valence-electron chi connectivity index (χ1n) is 4.39. The highest BCUT2D eigenvalue weighted by Crippen LogP contribution is 2.34. The molecule has 1 amide bonds. The van der Waals surface area contributed by atoms with Gasteiger partial charge in [-0.2, -0.15) is 0 Å². The quantitative estimate of drug-likeness (QED) is 0.864. The van der Waals surface area contributed by atoms with Crippen molar-refractivity contribution >= 4 is 33.2 Å². The van der Waals surface area contributed by atoms with E-state index in [1.807, 2.05) is 6.07 Å². The summed E-state index contributed by atoms with van der Waals surface area (Å²) in [6.07, 6.45) is 0. The molecule has 3 N–H and O–H groups in total. The van der Waals surface area contributed by atoms with Gasteiger partial charge in [-0.1, -0.05) is 0 Å². The Labute approximate surface area is 101 Å². The average Bonchev–Trinajstić information content (AvgIpc) is 2.55. The van der Waals surface area contributed by atoms with Gasteiger partial charge in [0.2, 0.25) is 5.91 Å². The monoisotopic (exact) mass is 292 g/mol. The van der Waals surface area contributed by atoms with Gasteiger partial charge in [0.15, 0.2) is 5.06 Å². The molecule has 0 fully saturated rings. The van der Waals surface area contributed by atoms with Gasteiger partial charge >= 0.3 is 0 Å². The van der Waals surface area contributed by atoms with Crippen LogP contribution in [-0.4, -0.2) is 19.1 Å². The molecule has 0 unspecified atom stereocenters. The molecule has 0 aliphatic carbocycles. The summed E-state index contributed by atoms with van der Waals surface area (Å²) >= 11 is 4.91. The van der Waals surface area contributed by atoms with Crippen LogP contribution in [0.1, 0.15) is 11.8 Å². The first kappa shape index (κ1) is 12.5. The second-order valence-electron chi connectivity index (χ2n) is 3.06. The Kier molecular flexibility index (Phi) is 4.56. The molecule has 0 spiro atoms. The molecule has 1 rings (SSSR count). The molecule has 1 aromatic heterocycles. The van der Waals surface area contributed by atoms with Crippen LogP contribution < -0.4 is 15.8 Å². The molecule has 0 aliphatic rings. The van der Waals surface area contributed by atoms with Crippen LogP contribution in [0, 0.1) is 0 Å². The lowest BCUT2D eigenvalue weighted by atomic mass is 10.3. The summed E-state index contributed by atoms with van der Waals surface area (Å²) in [7, 11) is 1.62. The Morgan fingerprint density at radius 3 is 2.93 bits per heavy atom. The van der Waals surface area contributed by atoms with Crippen LogP contribution in [0.3, 0.4) is 0 Å². The number of ether oxygens (including phenoxy) is 1. The molecule has 0 radical (unpaired) electrons. The minimum atomic E-state index is -0.349. The fourth-order valence-electron chi connectivity index (χ4n) is 0.978. The van der Waals surface area contributed by atoms with Crippen molar-refractivity contribution in [2.45, 2.75) is 19.5 Å². The number of methoxy groups -OCH3 is 1. The predicted molar refractivity (Wildman–Crippen MR) is 64.1 cm³/mol. The smallest absolute Gasteiger partial charge is 0.234 e. The van der Waals surface area contributed by atoms with Gasteiger partial charge in [0.1, 0.15) is 0 Å². The minimum absolute atomic E-state index is 0.322. The number of hydrogen-bond donors (Lipinski definition) is 2. The Bertz CT molecular complexity index is 354. The maximum absolute atomic E-state index is 10.8. The highest BCUT2D eigenvalue weighted by Gasteiger charge is 2.10. The molecule has 15 heavy (non-hydrogen) atoms. The lowest BCUT2D eigenvalue weighted by Gasteiger charge is -2.07. The van der Waals surface area contributed by atoms with Crippen LogP contribution in [0.15, 0.2) is 10.5 Å². The molecule has 0 saturated heterocycles. The summed E-state index contributed by atoms with van der Waals surface area (Å²) in [5.74, 6) is -0.349. The lowest BCUT2D eigenvalue weighted by molar-refractivity contribution is -0.119. The van der Waals surface area contributed by atoms with E-state index in [0.29, 0.717) is 6.54 Å². The van der Waals surface area contributed by atoms with Crippen molar-refractivity contribution in [2.75, 3.05) is 7.11 Å². The van der Waals surface area contributed by atoms with Crippen molar-refractivity contribution in [1.29, 1.82) is 0 Å². The molecule has 1 aromatic rings. The summed E-state index contributed by atoms with van der Waals surface area (Å²) in [6, 6.07) is 1.64. The van der Waals surface area contributed by atoms with Crippen molar-refractivity contribution in [3.8, 4) is 5.06 Å². The van der Waals surface area contributed by atoms with Crippen LogP contribution in [0.2, 0.25) is 0 Å². The summed E-state index contributed by atoms with van der Waals surface area (Å²) in [4.78, 5) is 11.9. The number of carbonyl (C=O) groups is 1. The number of thiophene rings is 1. The van der Waals surface area contributed by atoms with Crippen molar-refractivity contribution < 1.29 is 9.53 Å². The van der Waals surface area contributed by atoms with Crippen LogP contribution in [0.5, 0.6) is 5.06 Å². The number of nitrogens with one attached hydrogen (secondary N) is 1. The molecule has 6 heteroatoms. The number of amides is 1. The molecule has 0 aromatic carbocycles. The van der Waals surface area contributed by atoms with E-state index in [1.165, 1.54) is 11.3 Å². The number of hydrogen-bond acceptors (Lipinski definition) is 4. The normalized spacial score (nSPS) is 12.5. The molecule has 1 atom stereocenters. The van der Waals surface area contributed by atoms with Crippen LogP contribution in [0.4, 0.5) is 0 Å². The zero-order valence-corrected chi connectivity index (χ0v) is 10.9. The highest BCUT2D eigenvalue weighted by atomic mass is 79.9. The summed E-state index contributed by atoms with van der Waals surface area (Å²) < 4.78 is 6.06. The third kappa shape index (κ3) is 3.48. The van der Waals surface area contributed by atoms with Crippen molar-refractivity contribution in [1.82, 2.24) is 5.32 Å². The number of halogens is 1. The van der Waals surface area contributed by atoms with E-state index in [4.69, 9.17) is 10.5 Å². The van der Waals surface area contributed by atoms with Crippen molar-refractivity contribution in [3.05, 3.63) is 15.4 Å². The van der Waals surface area contributed by atoms with E-state index in [1.54, 1.807) is 14.0 Å². The number of carbonyl (C=O) groups excluding carboxylic acids is 1. The number of nitrogens with two attached hydrogens (primary N) is 1. The van der Waals surface area contributed by atoms with Gasteiger partial charge in [-0.15, -0.1) is 11.3 Å². The van der Waals surface area contributed by atoms with Gasteiger partial charge < -0.3 is 15.8 Å². The molecule has 1 heterocycles. The highest BCUT2D eigenvalue weighted by molar-refractivity contribution is 9.10. The minimum Gasteiger partial charge on any atom is -0.486 e. The lowest BCUT2D eigenvalue weighted by Crippen LogP contribution is -2.38. The fourth-order valence-corrected chi connectivity index (χ4v) is 2.62. The summed E-state index contributed by atoms with van der Waals surface area (Å²) in [6.45, 7) is 2.35. The fraction of sp³-hybridized carbons (Fsp3) is 0.444. The van der Waals surface area contributed by atoms with Crippen molar-refractivity contribution in [3.63, 3.8) is 0 Å². The summed E-state index contributed by atoms with van der Waals surface area (Å²) in [5, 5.41) is 3.85. The second kappa shape index (κ2) is 5.48. The standard InChI is InChI=1S/C9H13BrN2O2S/c1-5(8(11)13)12-4-6-3-7(10)9(14-2)15-6/h3,5,12H,4H2,1-2H3,(H2,11,13)/t5-/m0/s1. The topological polar surface area (TPSA) is 64.3 Å². The van der Waals surface area contributed by atoms with E-state index < -0.39 is 0 Å². The van der Waals surface area contributed by atoms with E-state index in [2.05, 4.69) is 21.2 Å². The SMILES string of the molecule is COc1sc(CN[C@@H](C)C(N)=O)cc1Br. The predicted octanol–water partition coefficient (Wildman–Crippen LogP) is 1.48. The van der Waals surface area contributed by atoms with Crippen molar-refractivity contribution in [2.24, 2.45) is 5.73 Å². The van der Waals surface area contributed by atoms with Crippen LogP contribution >= 0.6 is 27.3 Å². The van der Waals surface area contributed by atoms with Crippen LogP contribution in [-0.2, 0) is 11.3 Å². The molecule has 0 saturated carbocycles. The van der Waals surface area contributed by atoms with Crippen LogP contribution in [0.25, 0.3) is 0 Å². The zero-order chi connectivity index (χ0) is 11.4. The average molecular weight is 293 g/mol. The van der Waals surface area contributed by atoms with Gasteiger partial charge in [-0.05, 0) is 28.9 Å². The Morgan fingerprint density at radius 2 is 2.47 bits per heavy atom. The maximum Gasteiger partial charge on any atom is 0.234 e. The van der Waals surface area contributed by atoms with E-state index in [9.17, 15) is 4.79 Å². The summed E-state index contributed by atoms with van der Waals surface area (Å²) in [5.41, 5.74) is 5.13. The second-order valence-corrected chi connectivity index (χ2v) is 5.01. The van der Waals surface area contributed by atoms with Gasteiger partial charge in [-0.25, -0.2) is 0 Å². The number of primary amides is 1. The van der Waals surface area contributed by atoms with Gasteiger partial charge in [0.25, 0.3) is 0 Å². The molecule has 4 nitrogen and oxygen atoms in total. The van der Waals surface area contributed by atoms with Gasteiger partial charge in [0, 0.05) is 11.4 Å². The molecular weight excluding hydrogens is 280 g/mol. The molecule has 84 valence electrons. The first-order chi connectivity index (χ1) is 7.04. The molecular formula is C9H13BrN2O2S. The maximum atomic E-state index is 10.8. The number of rotatable bonds is 5. The third-order valence-corrected chi connectivity index (χ3v) is 3.85. The molecule has 0 aliphatic heterocycles. The Hall–Kier alpha value is -0.590. The molecule has 0 bridgehead atoms. The van der Waals surface area contributed by atoms with E-state index >= 15 is 0 Å². The first-order valence-corrected chi connectivity index (χ1v) is 6.00. The largest absolute Gasteiger partial charge is 0.486 e. The third-order valence-electron chi connectivity index (χ3n) is 1.90. The Morgan fingerprint density at radius 1 is 1.80 bits per heavy atom. The van der Waals surface area contributed by atoms with E-state index in [0.717, 1.165) is 14.4 Å². The van der Waals surface area contributed by atoms with Gasteiger partial charge in [-0.3, -0.25) is 4.79 Å². The van der Waals surface area contributed by atoms with Gasteiger partial charge in [0.05, 0.1) is 17.6 Å². The Balaban J connectivity index is 2.54. The van der Waals surface area contributed by atoms with E-state index in [-0.39, 0.29) is 11.9 Å². The zero-order valence-electron chi connectivity index (χ0n) is 8.54.